The standard InChI is InChI=1S/C11H10O6/c1-2-17-11(16)6-3-7(5-12)9(13)8(4-6)10(14)15/h3-5,13H,2H2,1H3,(H,14,15). The minimum absolute atomic E-state index is 0.0934. The summed E-state index contributed by atoms with van der Waals surface area (Å²) in [6.07, 6.45) is 0.268. The van der Waals surface area contributed by atoms with Gasteiger partial charge in [-0.2, -0.15) is 0 Å². The normalized spacial score (nSPS) is 9.71. The van der Waals surface area contributed by atoms with Gasteiger partial charge in [0.05, 0.1) is 17.7 Å². The van der Waals surface area contributed by atoms with Gasteiger partial charge in [-0.25, -0.2) is 9.59 Å². The highest BCUT2D eigenvalue weighted by molar-refractivity contribution is 6.00. The molecule has 0 aliphatic rings. The van der Waals surface area contributed by atoms with Gasteiger partial charge >= 0.3 is 11.9 Å². The Balaban J connectivity index is 3.34. The van der Waals surface area contributed by atoms with Crippen LogP contribution in [0.15, 0.2) is 12.1 Å². The summed E-state index contributed by atoms with van der Waals surface area (Å²) in [6, 6.07) is 2.04. The lowest BCUT2D eigenvalue weighted by atomic mass is 10.0. The summed E-state index contributed by atoms with van der Waals surface area (Å²) in [4.78, 5) is 32.8. The molecular weight excluding hydrogens is 228 g/mol. The van der Waals surface area contributed by atoms with Gasteiger partial charge in [0.2, 0.25) is 0 Å². The molecule has 0 aliphatic heterocycles. The molecule has 1 aromatic carbocycles. The lowest BCUT2D eigenvalue weighted by molar-refractivity contribution is 0.0526. The van der Waals surface area contributed by atoms with Gasteiger partial charge in [-0.1, -0.05) is 0 Å². The maximum absolute atomic E-state index is 11.4. The summed E-state index contributed by atoms with van der Waals surface area (Å²) in [5.41, 5.74) is -0.880. The molecule has 0 saturated heterocycles. The van der Waals surface area contributed by atoms with Gasteiger partial charge in [0.25, 0.3) is 0 Å². The molecule has 0 fully saturated rings. The number of aromatic carboxylic acids is 1. The maximum Gasteiger partial charge on any atom is 0.339 e. The van der Waals surface area contributed by atoms with Crippen LogP contribution in [0.3, 0.4) is 0 Å². The Labute approximate surface area is 96.4 Å². The average Bonchev–Trinajstić information content (AvgIpc) is 2.29. The molecule has 0 spiro atoms. The second-order valence-electron chi connectivity index (χ2n) is 3.11. The number of ether oxygens (including phenoxy) is 1. The van der Waals surface area contributed by atoms with E-state index in [1.54, 1.807) is 6.92 Å². The van der Waals surface area contributed by atoms with Crippen LogP contribution in [0.5, 0.6) is 5.75 Å². The second-order valence-corrected chi connectivity index (χ2v) is 3.11. The highest BCUT2D eigenvalue weighted by Crippen LogP contribution is 2.23. The number of esters is 1. The van der Waals surface area contributed by atoms with Crippen molar-refractivity contribution in [3.8, 4) is 5.75 Å². The van der Waals surface area contributed by atoms with E-state index in [1.807, 2.05) is 0 Å². The summed E-state index contributed by atoms with van der Waals surface area (Å²) in [7, 11) is 0. The van der Waals surface area contributed by atoms with Gasteiger partial charge < -0.3 is 14.9 Å². The van der Waals surface area contributed by atoms with Crippen LogP contribution in [0.1, 0.15) is 38.0 Å². The Bertz CT molecular complexity index is 477. The third-order valence-corrected chi connectivity index (χ3v) is 2.01. The molecule has 1 aromatic rings. The van der Waals surface area contributed by atoms with Gasteiger partial charge in [0, 0.05) is 0 Å². The van der Waals surface area contributed by atoms with Gasteiger partial charge in [-0.15, -0.1) is 0 Å². The lowest BCUT2D eigenvalue weighted by Gasteiger charge is -2.06. The summed E-state index contributed by atoms with van der Waals surface area (Å²) >= 11 is 0. The number of carboxylic acids is 1. The summed E-state index contributed by atoms with van der Waals surface area (Å²) in [5, 5.41) is 18.2. The third kappa shape index (κ3) is 2.60. The number of hydrogen-bond donors (Lipinski definition) is 2. The van der Waals surface area contributed by atoms with E-state index in [0.29, 0.717) is 0 Å². The van der Waals surface area contributed by atoms with Crippen LogP contribution in [-0.4, -0.2) is 35.0 Å². The van der Waals surface area contributed by atoms with Crippen molar-refractivity contribution in [2.24, 2.45) is 0 Å². The number of aromatic hydroxyl groups is 1. The molecule has 2 N–H and O–H groups in total. The molecule has 90 valence electrons. The predicted octanol–water partition coefficient (Wildman–Crippen LogP) is 1.08. The van der Waals surface area contributed by atoms with Crippen LogP contribution >= 0.6 is 0 Å². The minimum atomic E-state index is -1.43. The molecule has 6 heteroatoms. The fourth-order valence-corrected chi connectivity index (χ4v) is 1.24. The Morgan fingerprint density at radius 3 is 2.53 bits per heavy atom. The van der Waals surface area contributed by atoms with Crippen molar-refractivity contribution in [2.45, 2.75) is 6.92 Å². The van der Waals surface area contributed by atoms with E-state index in [0.717, 1.165) is 12.1 Å². The smallest absolute Gasteiger partial charge is 0.339 e. The van der Waals surface area contributed by atoms with E-state index >= 15 is 0 Å². The Hall–Kier alpha value is -2.37. The predicted molar refractivity (Wildman–Crippen MR) is 56.4 cm³/mol. The summed E-state index contributed by atoms with van der Waals surface area (Å²) in [6.45, 7) is 1.72. The van der Waals surface area contributed by atoms with Gasteiger partial charge in [-0.3, -0.25) is 4.79 Å². The van der Waals surface area contributed by atoms with Crippen LogP contribution < -0.4 is 0 Å². The van der Waals surface area contributed by atoms with Crippen molar-refractivity contribution in [1.29, 1.82) is 0 Å². The van der Waals surface area contributed by atoms with Crippen molar-refractivity contribution >= 4 is 18.2 Å². The van der Waals surface area contributed by atoms with Crippen LogP contribution in [0.4, 0.5) is 0 Å². The zero-order valence-electron chi connectivity index (χ0n) is 8.97. The van der Waals surface area contributed by atoms with Gasteiger partial charge in [0.15, 0.2) is 6.29 Å². The number of aldehydes is 1. The monoisotopic (exact) mass is 238 g/mol. The average molecular weight is 238 g/mol. The van der Waals surface area contributed by atoms with Crippen molar-refractivity contribution in [3.05, 3.63) is 28.8 Å². The first-order valence-electron chi connectivity index (χ1n) is 4.73. The Morgan fingerprint density at radius 1 is 1.41 bits per heavy atom. The fraction of sp³-hybridized carbons (Fsp3) is 0.182. The molecule has 0 radical (unpaired) electrons. The van der Waals surface area contributed by atoms with E-state index in [2.05, 4.69) is 4.74 Å². The van der Waals surface area contributed by atoms with Crippen LogP contribution in [-0.2, 0) is 4.74 Å². The number of carbonyl (C=O) groups is 3. The second kappa shape index (κ2) is 5.11. The number of rotatable bonds is 4. The Morgan fingerprint density at radius 2 is 2.06 bits per heavy atom. The van der Waals surface area contributed by atoms with Crippen LogP contribution in [0.2, 0.25) is 0 Å². The zero-order chi connectivity index (χ0) is 13.0. The first-order chi connectivity index (χ1) is 8.01. The largest absolute Gasteiger partial charge is 0.506 e. The number of carboxylic acid groups (broad SMARTS) is 1. The van der Waals surface area contributed by atoms with E-state index in [1.165, 1.54) is 0 Å². The minimum Gasteiger partial charge on any atom is -0.506 e. The number of hydrogen-bond acceptors (Lipinski definition) is 5. The van der Waals surface area contributed by atoms with E-state index in [-0.39, 0.29) is 24.0 Å². The molecule has 0 amide bonds. The van der Waals surface area contributed by atoms with Crippen molar-refractivity contribution in [1.82, 2.24) is 0 Å². The Kier molecular flexibility index (Phi) is 3.82. The lowest BCUT2D eigenvalue weighted by Crippen LogP contribution is -2.08. The molecule has 0 aromatic heterocycles. The first-order valence-corrected chi connectivity index (χ1v) is 4.73. The van der Waals surface area contributed by atoms with Crippen molar-refractivity contribution in [3.63, 3.8) is 0 Å². The van der Waals surface area contributed by atoms with Gasteiger partial charge in [-0.05, 0) is 19.1 Å². The molecule has 17 heavy (non-hydrogen) atoms. The number of carbonyl (C=O) groups excluding carboxylic acids is 2. The van der Waals surface area contributed by atoms with Crippen molar-refractivity contribution in [2.75, 3.05) is 6.61 Å². The first kappa shape index (κ1) is 12.7. The molecule has 0 aliphatic carbocycles. The molecule has 0 heterocycles. The SMILES string of the molecule is CCOC(=O)c1cc(C=O)c(O)c(C(=O)O)c1. The quantitative estimate of drug-likeness (QED) is 0.601. The van der Waals surface area contributed by atoms with E-state index < -0.39 is 23.3 Å². The molecule has 1 rings (SSSR count). The summed E-state index contributed by atoms with van der Waals surface area (Å²) in [5.74, 6) is -2.85. The highest BCUT2D eigenvalue weighted by Gasteiger charge is 2.18. The molecule has 0 unspecified atom stereocenters. The van der Waals surface area contributed by atoms with Gasteiger partial charge in [0.1, 0.15) is 11.3 Å². The van der Waals surface area contributed by atoms with Crippen molar-refractivity contribution < 1.29 is 29.3 Å². The molecule has 0 bridgehead atoms. The topological polar surface area (TPSA) is 101 Å². The molecule has 0 saturated carbocycles. The van der Waals surface area contributed by atoms with E-state index in [9.17, 15) is 19.5 Å². The molecule has 6 nitrogen and oxygen atoms in total. The highest BCUT2D eigenvalue weighted by atomic mass is 16.5. The molecular formula is C11H10O6. The maximum atomic E-state index is 11.4. The number of benzene rings is 1. The summed E-state index contributed by atoms with van der Waals surface area (Å²) < 4.78 is 4.67. The third-order valence-electron chi connectivity index (χ3n) is 2.01. The fourth-order valence-electron chi connectivity index (χ4n) is 1.24. The van der Waals surface area contributed by atoms with Crippen LogP contribution in [0.25, 0.3) is 0 Å². The van der Waals surface area contributed by atoms with Crippen LogP contribution in [0, 0.1) is 0 Å². The number of phenols is 1. The zero-order valence-corrected chi connectivity index (χ0v) is 8.97. The molecule has 0 atom stereocenters. The van der Waals surface area contributed by atoms with E-state index in [4.69, 9.17) is 5.11 Å².